The van der Waals surface area contributed by atoms with E-state index in [1.165, 1.54) is 39.0 Å². The molecule has 3 aromatic carbocycles. The molecule has 1 spiro atoms. The Bertz CT molecular complexity index is 1050. The summed E-state index contributed by atoms with van der Waals surface area (Å²) >= 11 is 0. The summed E-state index contributed by atoms with van der Waals surface area (Å²) in [7, 11) is 0. The van der Waals surface area contributed by atoms with E-state index < -0.39 is 0 Å². The molecular weight excluding hydrogens is 324 g/mol. The third-order valence-electron chi connectivity index (χ3n) is 6.84. The summed E-state index contributed by atoms with van der Waals surface area (Å²) in [5.74, 6) is 0. The average Bonchev–Trinajstić information content (AvgIpc) is 3.12. The lowest BCUT2D eigenvalue weighted by molar-refractivity contribution is 0.329. The van der Waals surface area contributed by atoms with Gasteiger partial charge >= 0.3 is 0 Å². The second-order valence-electron chi connectivity index (χ2n) is 7.91. The molecule has 27 heavy (non-hydrogen) atoms. The van der Waals surface area contributed by atoms with E-state index in [0.717, 1.165) is 6.42 Å². The Morgan fingerprint density at radius 1 is 0.741 bits per heavy atom. The number of benzene rings is 3. The lowest BCUT2D eigenvalue weighted by atomic mass is 9.57. The molecule has 0 amide bonds. The van der Waals surface area contributed by atoms with Crippen molar-refractivity contribution in [3.63, 3.8) is 0 Å². The van der Waals surface area contributed by atoms with Crippen molar-refractivity contribution in [3.8, 4) is 11.1 Å². The van der Waals surface area contributed by atoms with Crippen LogP contribution in [0, 0.1) is 5.41 Å². The maximum atomic E-state index is 4.14. The summed E-state index contributed by atoms with van der Waals surface area (Å²) in [6.45, 7) is 8.75. The van der Waals surface area contributed by atoms with Crippen LogP contribution in [0.15, 0.2) is 91.5 Å². The van der Waals surface area contributed by atoms with Crippen LogP contribution in [-0.4, -0.2) is 0 Å². The highest BCUT2D eigenvalue weighted by atomic mass is 14.6. The molecule has 0 saturated heterocycles. The summed E-state index contributed by atoms with van der Waals surface area (Å²) in [6, 6.07) is 27.0. The lowest BCUT2D eigenvalue weighted by Gasteiger charge is -2.44. The van der Waals surface area contributed by atoms with E-state index >= 15 is 0 Å². The number of hydrogen-bond acceptors (Lipinski definition) is 0. The summed E-state index contributed by atoms with van der Waals surface area (Å²) in [4.78, 5) is 0. The Hall–Kier alpha value is -2.86. The van der Waals surface area contributed by atoms with Gasteiger partial charge in [-0.25, -0.2) is 0 Å². The number of hydrogen-bond donors (Lipinski definition) is 0. The Labute approximate surface area is 161 Å². The minimum atomic E-state index is -0.174. The molecule has 0 heterocycles. The molecule has 0 heteroatoms. The van der Waals surface area contributed by atoms with Crippen LogP contribution in [-0.2, 0) is 5.41 Å². The van der Waals surface area contributed by atoms with Gasteiger partial charge in [-0.2, -0.15) is 0 Å². The highest BCUT2D eigenvalue weighted by Gasteiger charge is 2.61. The van der Waals surface area contributed by atoms with E-state index in [1.54, 1.807) is 0 Å². The molecule has 0 aliphatic heterocycles. The van der Waals surface area contributed by atoms with Crippen molar-refractivity contribution in [2.45, 2.75) is 25.7 Å². The van der Waals surface area contributed by atoms with Gasteiger partial charge in [0.25, 0.3) is 0 Å². The second kappa shape index (κ2) is 5.57. The molecule has 0 fully saturated rings. The summed E-state index contributed by atoms with van der Waals surface area (Å²) in [6.07, 6.45) is 5.35. The third-order valence-corrected chi connectivity index (χ3v) is 6.84. The van der Waals surface area contributed by atoms with E-state index in [4.69, 9.17) is 0 Å². The molecule has 5 rings (SSSR count). The second-order valence-corrected chi connectivity index (χ2v) is 7.91. The monoisotopic (exact) mass is 348 g/mol. The van der Waals surface area contributed by atoms with E-state index in [2.05, 4.69) is 105 Å². The fourth-order valence-electron chi connectivity index (χ4n) is 5.99. The fourth-order valence-corrected chi connectivity index (χ4v) is 5.99. The van der Waals surface area contributed by atoms with E-state index in [1.807, 2.05) is 0 Å². The van der Waals surface area contributed by atoms with Crippen LogP contribution in [0.25, 0.3) is 16.7 Å². The van der Waals surface area contributed by atoms with Crippen molar-refractivity contribution >= 4 is 5.57 Å². The van der Waals surface area contributed by atoms with Gasteiger partial charge in [0.1, 0.15) is 0 Å². The number of allylic oxidation sites excluding steroid dienone is 3. The summed E-state index contributed by atoms with van der Waals surface area (Å²) in [5.41, 5.74) is 9.61. The molecule has 0 bridgehead atoms. The number of rotatable bonds is 2. The third kappa shape index (κ3) is 1.74. The van der Waals surface area contributed by atoms with Gasteiger partial charge in [-0.15, -0.1) is 6.58 Å². The zero-order valence-electron chi connectivity index (χ0n) is 16.0. The number of fused-ring (bicyclic) bond motifs is 7. The molecule has 1 unspecified atom stereocenters. The van der Waals surface area contributed by atoms with E-state index in [9.17, 15) is 0 Å². The van der Waals surface area contributed by atoms with Crippen molar-refractivity contribution in [3.05, 3.63) is 114 Å². The predicted molar refractivity (Wildman–Crippen MR) is 115 cm³/mol. The topological polar surface area (TPSA) is 0 Å². The summed E-state index contributed by atoms with van der Waals surface area (Å²) < 4.78 is 0. The maximum Gasteiger partial charge on any atom is 0.0566 e. The Morgan fingerprint density at radius 2 is 1.19 bits per heavy atom. The van der Waals surface area contributed by atoms with Crippen LogP contribution in [0.5, 0.6) is 0 Å². The van der Waals surface area contributed by atoms with Gasteiger partial charge in [-0.1, -0.05) is 91.9 Å². The Balaban J connectivity index is 2.02. The molecule has 0 nitrogen and oxygen atoms in total. The Morgan fingerprint density at radius 3 is 1.67 bits per heavy atom. The molecule has 0 N–H and O–H groups in total. The first kappa shape index (κ1) is 16.3. The summed E-state index contributed by atoms with van der Waals surface area (Å²) in [5, 5.41) is 0. The van der Waals surface area contributed by atoms with Crippen LogP contribution >= 0.6 is 0 Å². The molecule has 3 aromatic rings. The minimum Gasteiger partial charge on any atom is -0.103 e. The van der Waals surface area contributed by atoms with Crippen molar-refractivity contribution in [1.82, 2.24) is 0 Å². The lowest BCUT2D eigenvalue weighted by Crippen LogP contribution is -2.40. The maximum absolute atomic E-state index is 4.14. The molecular formula is C27H24. The van der Waals surface area contributed by atoms with Gasteiger partial charge in [0.15, 0.2) is 0 Å². The van der Waals surface area contributed by atoms with Crippen molar-refractivity contribution in [2.75, 3.05) is 0 Å². The van der Waals surface area contributed by atoms with Gasteiger partial charge in [-0.3, -0.25) is 0 Å². The van der Waals surface area contributed by atoms with Crippen molar-refractivity contribution in [2.24, 2.45) is 5.41 Å². The zero-order chi connectivity index (χ0) is 18.6. The zero-order valence-corrected chi connectivity index (χ0v) is 16.0. The van der Waals surface area contributed by atoms with Crippen LogP contribution in [0.2, 0.25) is 0 Å². The highest BCUT2D eigenvalue weighted by Crippen LogP contribution is 2.70. The smallest absolute Gasteiger partial charge is 0.0566 e. The first-order chi connectivity index (χ1) is 13.2. The highest BCUT2D eigenvalue weighted by molar-refractivity contribution is 5.93. The van der Waals surface area contributed by atoms with E-state index in [0.29, 0.717) is 0 Å². The van der Waals surface area contributed by atoms with Crippen LogP contribution < -0.4 is 0 Å². The Kier molecular flexibility index (Phi) is 3.37. The molecule has 1 atom stereocenters. The molecule has 2 aliphatic carbocycles. The van der Waals surface area contributed by atoms with Gasteiger partial charge < -0.3 is 0 Å². The van der Waals surface area contributed by atoms with E-state index in [-0.39, 0.29) is 10.8 Å². The van der Waals surface area contributed by atoms with Gasteiger partial charge in [0.2, 0.25) is 0 Å². The van der Waals surface area contributed by atoms with Crippen molar-refractivity contribution < 1.29 is 0 Å². The first-order valence-electron chi connectivity index (χ1n) is 9.77. The fraction of sp³-hybridized carbons (Fsp3) is 0.185. The van der Waals surface area contributed by atoms with Crippen LogP contribution in [0.1, 0.15) is 42.5 Å². The quantitative estimate of drug-likeness (QED) is 0.437. The average molecular weight is 348 g/mol. The molecule has 132 valence electrons. The van der Waals surface area contributed by atoms with Crippen molar-refractivity contribution in [1.29, 1.82) is 0 Å². The predicted octanol–water partition coefficient (Wildman–Crippen LogP) is 7.00. The van der Waals surface area contributed by atoms with Gasteiger partial charge in [0.05, 0.1) is 5.41 Å². The standard InChI is InChI=1S/C27H24/c1-4-18-26(3)22(5-2)21-14-8-11-17-25(21)27(26)23-15-9-6-12-19(23)20-13-7-10-16-24(20)27/h4-17H,1,18H2,2-3H3/b22-5-. The molecule has 0 saturated carbocycles. The first-order valence-corrected chi connectivity index (χ1v) is 9.77. The molecule has 0 radical (unpaired) electrons. The van der Waals surface area contributed by atoms with Crippen LogP contribution in [0.3, 0.4) is 0 Å². The molecule has 2 aliphatic rings. The minimum absolute atomic E-state index is 0.0735. The largest absolute Gasteiger partial charge is 0.103 e. The van der Waals surface area contributed by atoms with Gasteiger partial charge in [-0.05, 0) is 52.3 Å². The van der Waals surface area contributed by atoms with Gasteiger partial charge in [0, 0.05) is 5.41 Å². The molecule has 0 aromatic heterocycles. The normalized spacial score (nSPS) is 22.5. The van der Waals surface area contributed by atoms with Crippen LogP contribution in [0.4, 0.5) is 0 Å². The SMILES string of the molecule is C=CCC1(C)/C(=C\C)c2ccccc2C12c1ccccc1-c1ccccc12.